The van der Waals surface area contributed by atoms with Gasteiger partial charge in [-0.1, -0.05) is 24.9 Å². The molecule has 1 aromatic rings. The number of halogens is 2. The first-order valence-corrected chi connectivity index (χ1v) is 6.18. The Hall–Kier alpha value is -1.13. The molecule has 0 aliphatic heterocycles. The molecule has 1 aromatic carbocycles. The number of carbonyl (C=O) groups is 1. The minimum Gasteiger partial charge on any atom is -0.480 e. The zero-order chi connectivity index (χ0) is 13.8. The largest absolute Gasteiger partial charge is 0.480 e. The fraction of sp³-hybridized carbons (Fsp3) is 0.462. The van der Waals surface area contributed by atoms with Crippen molar-refractivity contribution in [2.45, 2.75) is 38.8 Å². The van der Waals surface area contributed by atoms with Crippen LogP contribution in [0.15, 0.2) is 18.2 Å². The SMILES string of the molecule is CCCC(C)(NCc1cc(F)cc(Cl)c1)C(=O)O. The fourth-order valence-electron chi connectivity index (χ4n) is 1.78. The van der Waals surface area contributed by atoms with E-state index >= 15 is 0 Å². The molecule has 0 spiro atoms. The zero-order valence-corrected chi connectivity index (χ0v) is 11.2. The van der Waals surface area contributed by atoms with Gasteiger partial charge in [-0.25, -0.2) is 4.39 Å². The summed E-state index contributed by atoms with van der Waals surface area (Å²) in [4.78, 5) is 11.2. The van der Waals surface area contributed by atoms with Gasteiger partial charge in [0.2, 0.25) is 0 Å². The molecule has 0 saturated heterocycles. The van der Waals surface area contributed by atoms with Crippen molar-refractivity contribution in [1.29, 1.82) is 0 Å². The van der Waals surface area contributed by atoms with Crippen LogP contribution in [0.1, 0.15) is 32.3 Å². The van der Waals surface area contributed by atoms with Crippen LogP contribution >= 0.6 is 11.6 Å². The molecule has 100 valence electrons. The van der Waals surface area contributed by atoms with Gasteiger partial charge in [-0.3, -0.25) is 10.1 Å². The van der Waals surface area contributed by atoms with Crippen LogP contribution in [0.25, 0.3) is 0 Å². The molecule has 0 amide bonds. The van der Waals surface area contributed by atoms with Crippen molar-refractivity contribution < 1.29 is 14.3 Å². The summed E-state index contributed by atoms with van der Waals surface area (Å²) in [6.45, 7) is 3.81. The van der Waals surface area contributed by atoms with Crippen LogP contribution in [0, 0.1) is 5.82 Å². The highest BCUT2D eigenvalue weighted by atomic mass is 35.5. The lowest BCUT2D eigenvalue weighted by Gasteiger charge is -2.26. The van der Waals surface area contributed by atoms with Gasteiger partial charge < -0.3 is 5.11 Å². The van der Waals surface area contributed by atoms with E-state index in [0.717, 1.165) is 6.42 Å². The number of carboxylic acid groups (broad SMARTS) is 1. The van der Waals surface area contributed by atoms with Crippen LogP contribution < -0.4 is 5.32 Å². The summed E-state index contributed by atoms with van der Waals surface area (Å²) >= 11 is 5.74. The third-order valence-corrected chi connectivity index (χ3v) is 3.05. The maximum absolute atomic E-state index is 13.1. The van der Waals surface area contributed by atoms with E-state index in [1.165, 1.54) is 12.1 Å². The lowest BCUT2D eigenvalue weighted by molar-refractivity contribution is -0.144. The Balaban J connectivity index is 2.76. The van der Waals surface area contributed by atoms with Gasteiger partial charge >= 0.3 is 5.97 Å². The number of rotatable bonds is 6. The van der Waals surface area contributed by atoms with E-state index in [4.69, 9.17) is 11.6 Å². The average molecular weight is 274 g/mol. The summed E-state index contributed by atoms with van der Waals surface area (Å²) in [6.07, 6.45) is 1.26. The van der Waals surface area contributed by atoms with E-state index < -0.39 is 17.3 Å². The first kappa shape index (κ1) is 14.9. The molecule has 0 fully saturated rings. The van der Waals surface area contributed by atoms with E-state index in [1.54, 1.807) is 13.0 Å². The summed E-state index contributed by atoms with van der Waals surface area (Å²) < 4.78 is 13.1. The minimum atomic E-state index is -1.01. The second kappa shape index (κ2) is 6.16. The van der Waals surface area contributed by atoms with Gasteiger partial charge in [0.15, 0.2) is 0 Å². The zero-order valence-electron chi connectivity index (χ0n) is 10.5. The number of hydrogen-bond donors (Lipinski definition) is 2. The molecule has 0 aliphatic carbocycles. The highest BCUT2D eigenvalue weighted by Gasteiger charge is 2.31. The first-order valence-electron chi connectivity index (χ1n) is 5.81. The summed E-state index contributed by atoms with van der Waals surface area (Å²) in [5.74, 6) is -1.33. The smallest absolute Gasteiger partial charge is 0.323 e. The quantitative estimate of drug-likeness (QED) is 0.837. The molecule has 0 aromatic heterocycles. The molecule has 18 heavy (non-hydrogen) atoms. The molecule has 3 nitrogen and oxygen atoms in total. The maximum Gasteiger partial charge on any atom is 0.323 e. The van der Waals surface area contributed by atoms with E-state index in [-0.39, 0.29) is 6.54 Å². The Bertz CT molecular complexity index is 419. The second-order valence-electron chi connectivity index (χ2n) is 4.52. The van der Waals surface area contributed by atoms with Gasteiger partial charge in [0, 0.05) is 11.6 Å². The number of carboxylic acids is 1. The van der Waals surface area contributed by atoms with Crippen molar-refractivity contribution in [3.63, 3.8) is 0 Å². The standard InChI is InChI=1S/C13H17ClFNO2/c1-3-4-13(2,12(17)18)16-8-9-5-10(14)7-11(15)6-9/h5-7,16H,3-4,8H2,1-2H3,(H,17,18). The van der Waals surface area contributed by atoms with Gasteiger partial charge in [0.1, 0.15) is 11.4 Å². The topological polar surface area (TPSA) is 49.3 Å². The van der Waals surface area contributed by atoms with Crippen LogP contribution in [0.3, 0.4) is 0 Å². The molecule has 0 bridgehead atoms. The van der Waals surface area contributed by atoms with E-state index in [0.29, 0.717) is 17.0 Å². The maximum atomic E-state index is 13.1. The molecule has 0 aliphatic rings. The van der Waals surface area contributed by atoms with Gasteiger partial charge in [-0.15, -0.1) is 0 Å². The molecule has 0 saturated carbocycles. The average Bonchev–Trinajstić information content (AvgIpc) is 2.25. The minimum absolute atomic E-state index is 0.264. The molecule has 1 unspecified atom stereocenters. The van der Waals surface area contributed by atoms with Crippen molar-refractivity contribution >= 4 is 17.6 Å². The van der Waals surface area contributed by atoms with Crippen molar-refractivity contribution in [1.82, 2.24) is 5.32 Å². The highest BCUT2D eigenvalue weighted by molar-refractivity contribution is 6.30. The van der Waals surface area contributed by atoms with Crippen LogP contribution in [0.2, 0.25) is 5.02 Å². The summed E-state index contributed by atoms with van der Waals surface area (Å²) in [6, 6.07) is 4.17. The van der Waals surface area contributed by atoms with Crippen LogP contribution in [0.4, 0.5) is 4.39 Å². The Kier molecular flexibility index (Phi) is 5.11. The third-order valence-electron chi connectivity index (χ3n) is 2.83. The predicted molar refractivity (Wildman–Crippen MR) is 69.2 cm³/mol. The number of benzene rings is 1. The molecule has 5 heteroatoms. The molecule has 2 N–H and O–H groups in total. The van der Waals surface area contributed by atoms with E-state index in [2.05, 4.69) is 5.32 Å². The van der Waals surface area contributed by atoms with Crippen molar-refractivity contribution in [2.24, 2.45) is 0 Å². The van der Waals surface area contributed by atoms with Crippen molar-refractivity contribution in [3.8, 4) is 0 Å². The molecule has 1 rings (SSSR count). The Morgan fingerprint density at radius 1 is 1.50 bits per heavy atom. The third kappa shape index (κ3) is 3.96. The molecule has 0 radical (unpaired) electrons. The van der Waals surface area contributed by atoms with Gasteiger partial charge in [0.05, 0.1) is 0 Å². The molecule has 0 heterocycles. The van der Waals surface area contributed by atoms with Crippen LogP contribution in [0.5, 0.6) is 0 Å². The van der Waals surface area contributed by atoms with Gasteiger partial charge in [0.25, 0.3) is 0 Å². The van der Waals surface area contributed by atoms with Crippen LogP contribution in [-0.2, 0) is 11.3 Å². The predicted octanol–water partition coefficient (Wildman–Crippen LogP) is 3.21. The number of hydrogen-bond acceptors (Lipinski definition) is 2. The summed E-state index contributed by atoms with van der Waals surface area (Å²) in [5, 5.41) is 12.4. The highest BCUT2D eigenvalue weighted by Crippen LogP contribution is 2.17. The van der Waals surface area contributed by atoms with E-state index in [1.807, 2.05) is 6.92 Å². The normalized spacial score (nSPS) is 14.2. The lowest BCUT2D eigenvalue weighted by Crippen LogP contribution is -2.48. The molecule has 1 atom stereocenters. The Morgan fingerprint density at radius 3 is 2.67 bits per heavy atom. The Labute approximate surface area is 111 Å². The van der Waals surface area contributed by atoms with Crippen molar-refractivity contribution in [3.05, 3.63) is 34.6 Å². The van der Waals surface area contributed by atoms with E-state index in [9.17, 15) is 14.3 Å². The molecular formula is C13H17ClFNO2. The first-order chi connectivity index (χ1) is 8.37. The van der Waals surface area contributed by atoms with Gasteiger partial charge in [-0.05, 0) is 37.1 Å². The summed E-state index contributed by atoms with van der Waals surface area (Å²) in [5.41, 5.74) is -0.378. The van der Waals surface area contributed by atoms with Crippen LogP contribution in [-0.4, -0.2) is 16.6 Å². The monoisotopic (exact) mass is 273 g/mol. The Morgan fingerprint density at radius 2 is 2.17 bits per heavy atom. The summed E-state index contributed by atoms with van der Waals surface area (Å²) in [7, 11) is 0. The second-order valence-corrected chi connectivity index (χ2v) is 4.95. The number of aliphatic carboxylic acids is 1. The number of nitrogens with one attached hydrogen (secondary N) is 1. The fourth-order valence-corrected chi connectivity index (χ4v) is 2.03. The van der Waals surface area contributed by atoms with Gasteiger partial charge in [-0.2, -0.15) is 0 Å². The van der Waals surface area contributed by atoms with Crippen molar-refractivity contribution in [2.75, 3.05) is 0 Å². The molecular weight excluding hydrogens is 257 g/mol. The lowest BCUT2D eigenvalue weighted by atomic mass is 9.96.